The molecule has 19 heavy (non-hydrogen) atoms. The van der Waals surface area contributed by atoms with Gasteiger partial charge in [0.05, 0.1) is 17.3 Å². The summed E-state index contributed by atoms with van der Waals surface area (Å²) in [7, 11) is 0. The van der Waals surface area contributed by atoms with Crippen molar-refractivity contribution in [1.29, 1.82) is 0 Å². The zero-order valence-electron chi connectivity index (χ0n) is 12.3. The molecule has 1 N–H and O–H groups in total. The van der Waals surface area contributed by atoms with Gasteiger partial charge < -0.3 is 5.11 Å². The van der Waals surface area contributed by atoms with Crippen LogP contribution in [0.25, 0.3) is 10.9 Å². The monoisotopic (exact) mass is 260 g/mol. The van der Waals surface area contributed by atoms with E-state index in [-0.39, 0.29) is 12.0 Å². The zero-order valence-corrected chi connectivity index (χ0v) is 12.3. The molecule has 2 unspecified atom stereocenters. The Labute approximate surface area is 115 Å². The Morgan fingerprint density at radius 2 is 1.89 bits per heavy atom. The van der Waals surface area contributed by atoms with Crippen molar-refractivity contribution in [3.8, 4) is 0 Å². The molecule has 1 heterocycles. The van der Waals surface area contributed by atoms with Crippen LogP contribution in [0.1, 0.15) is 33.4 Å². The molecular weight excluding hydrogens is 236 g/mol. The number of para-hydroxylation sites is 1. The molecule has 0 aliphatic rings. The van der Waals surface area contributed by atoms with Crippen LogP contribution in [0.3, 0.4) is 0 Å². The maximum Gasteiger partial charge on any atom is 0.0729 e. The number of rotatable bonds is 5. The van der Waals surface area contributed by atoms with Crippen LogP contribution in [-0.4, -0.2) is 21.0 Å². The molecule has 0 saturated carbocycles. The molecule has 1 aromatic carbocycles. The van der Waals surface area contributed by atoms with E-state index in [0.29, 0.717) is 12.3 Å². The summed E-state index contributed by atoms with van der Waals surface area (Å²) in [6, 6.07) is 8.25. The Morgan fingerprint density at radius 3 is 2.53 bits per heavy atom. The average molecular weight is 260 g/mol. The Balaban J connectivity index is 2.30. The first-order valence-corrected chi connectivity index (χ1v) is 7.17. The van der Waals surface area contributed by atoms with Gasteiger partial charge in [-0.2, -0.15) is 5.10 Å². The van der Waals surface area contributed by atoms with Gasteiger partial charge in [0.25, 0.3) is 0 Å². The Morgan fingerprint density at radius 1 is 1.21 bits per heavy atom. The van der Waals surface area contributed by atoms with Crippen LogP contribution < -0.4 is 0 Å². The van der Waals surface area contributed by atoms with Gasteiger partial charge in [0.1, 0.15) is 0 Å². The Hall–Kier alpha value is -1.35. The van der Waals surface area contributed by atoms with E-state index in [1.165, 1.54) is 5.39 Å². The highest BCUT2D eigenvalue weighted by molar-refractivity contribution is 5.82. The smallest absolute Gasteiger partial charge is 0.0729 e. The maximum absolute atomic E-state index is 10.3. The number of hydrogen-bond acceptors (Lipinski definition) is 2. The second-order valence-corrected chi connectivity index (χ2v) is 5.65. The van der Waals surface area contributed by atoms with Crippen LogP contribution in [0.2, 0.25) is 0 Å². The number of nitrogens with zero attached hydrogens (tertiary/aromatic N) is 2. The van der Waals surface area contributed by atoms with Gasteiger partial charge >= 0.3 is 0 Å². The number of fused-ring (bicyclic) bond motifs is 1. The third kappa shape index (κ3) is 2.81. The molecule has 3 nitrogen and oxygen atoms in total. The summed E-state index contributed by atoms with van der Waals surface area (Å²) >= 11 is 0. The molecule has 1 aromatic heterocycles. The van der Waals surface area contributed by atoms with E-state index >= 15 is 0 Å². The minimum absolute atomic E-state index is 0.283. The molecule has 0 bridgehead atoms. The van der Waals surface area contributed by atoms with Gasteiger partial charge in [-0.15, -0.1) is 0 Å². The fourth-order valence-electron chi connectivity index (χ4n) is 2.42. The molecule has 3 heteroatoms. The predicted octanol–water partition coefficient (Wildman–Crippen LogP) is 3.25. The highest BCUT2D eigenvalue weighted by Crippen LogP contribution is 2.23. The summed E-state index contributed by atoms with van der Waals surface area (Å²) in [5.41, 5.74) is 2.17. The van der Waals surface area contributed by atoms with Gasteiger partial charge in [-0.3, -0.25) is 4.68 Å². The zero-order chi connectivity index (χ0) is 14.0. The van der Waals surface area contributed by atoms with Crippen LogP contribution in [-0.2, 0) is 13.0 Å². The van der Waals surface area contributed by atoms with Crippen LogP contribution in [0.15, 0.2) is 24.3 Å². The van der Waals surface area contributed by atoms with Crippen LogP contribution >= 0.6 is 0 Å². The lowest BCUT2D eigenvalue weighted by Gasteiger charge is -2.21. The molecule has 104 valence electrons. The highest BCUT2D eigenvalue weighted by Gasteiger charge is 2.20. The summed E-state index contributed by atoms with van der Waals surface area (Å²) < 4.78 is 2.01. The molecule has 2 atom stereocenters. The van der Waals surface area contributed by atoms with E-state index in [4.69, 9.17) is 0 Å². The second kappa shape index (κ2) is 5.74. The van der Waals surface area contributed by atoms with Crippen molar-refractivity contribution in [2.24, 2.45) is 11.8 Å². The summed E-state index contributed by atoms with van der Waals surface area (Å²) in [6.07, 6.45) is 0.302. The van der Waals surface area contributed by atoms with E-state index in [1.807, 2.05) is 16.8 Å². The lowest BCUT2D eigenvalue weighted by atomic mass is 9.89. The van der Waals surface area contributed by atoms with E-state index in [9.17, 15) is 5.11 Å². The number of hydrogen-bond donors (Lipinski definition) is 1. The van der Waals surface area contributed by atoms with Crippen LogP contribution in [0, 0.1) is 11.8 Å². The maximum atomic E-state index is 10.3. The lowest BCUT2D eigenvalue weighted by Crippen LogP contribution is -2.24. The van der Waals surface area contributed by atoms with Gasteiger partial charge in [0.15, 0.2) is 0 Å². The van der Waals surface area contributed by atoms with Crippen LogP contribution in [0.5, 0.6) is 0 Å². The van der Waals surface area contributed by atoms with Crippen molar-refractivity contribution >= 4 is 10.9 Å². The number of benzene rings is 1. The summed E-state index contributed by atoms with van der Waals surface area (Å²) in [5.74, 6) is 0.764. The summed E-state index contributed by atoms with van der Waals surface area (Å²) in [4.78, 5) is 0. The van der Waals surface area contributed by atoms with Crippen molar-refractivity contribution in [3.05, 3.63) is 30.0 Å². The third-order valence-corrected chi connectivity index (χ3v) is 4.09. The fourth-order valence-corrected chi connectivity index (χ4v) is 2.42. The number of aliphatic hydroxyl groups is 1. The van der Waals surface area contributed by atoms with Crippen LogP contribution in [0.4, 0.5) is 0 Å². The van der Waals surface area contributed by atoms with Gasteiger partial charge in [-0.25, -0.2) is 0 Å². The van der Waals surface area contributed by atoms with E-state index in [2.05, 4.69) is 44.9 Å². The van der Waals surface area contributed by atoms with Crippen molar-refractivity contribution in [3.63, 3.8) is 0 Å². The molecule has 0 amide bonds. The third-order valence-electron chi connectivity index (χ3n) is 4.09. The molecular formula is C16H24N2O. The average Bonchev–Trinajstić information content (AvgIpc) is 2.76. The van der Waals surface area contributed by atoms with Crippen molar-refractivity contribution in [1.82, 2.24) is 9.78 Å². The summed E-state index contributed by atoms with van der Waals surface area (Å²) in [5, 5.41) is 16.1. The first-order valence-electron chi connectivity index (χ1n) is 7.17. The van der Waals surface area contributed by atoms with E-state index < -0.39 is 0 Å². The number of aliphatic hydroxyl groups excluding tert-OH is 1. The first-order chi connectivity index (χ1) is 9.04. The minimum atomic E-state index is -0.330. The van der Waals surface area contributed by atoms with Crippen molar-refractivity contribution in [2.45, 2.75) is 46.8 Å². The standard InChI is InChI=1S/C16H24N2O/c1-5-18-15-9-7-6-8-13(15)14(17-18)10-16(19)12(4)11(2)3/h6-9,11-12,16,19H,5,10H2,1-4H3. The number of aromatic nitrogens is 2. The van der Waals surface area contributed by atoms with Gasteiger partial charge in [-0.1, -0.05) is 39.0 Å². The lowest BCUT2D eigenvalue weighted by molar-refractivity contribution is 0.0914. The highest BCUT2D eigenvalue weighted by atomic mass is 16.3. The minimum Gasteiger partial charge on any atom is -0.392 e. The molecule has 0 fully saturated rings. The van der Waals surface area contributed by atoms with Gasteiger partial charge in [0.2, 0.25) is 0 Å². The topological polar surface area (TPSA) is 38.0 Å². The SMILES string of the molecule is CCn1nc(CC(O)C(C)C(C)C)c2ccccc21. The van der Waals surface area contributed by atoms with Crippen molar-refractivity contribution in [2.75, 3.05) is 0 Å². The molecule has 0 aliphatic carbocycles. The number of aryl methyl sites for hydroxylation is 1. The molecule has 2 aromatic rings. The largest absolute Gasteiger partial charge is 0.392 e. The Bertz CT molecular complexity index is 545. The van der Waals surface area contributed by atoms with Gasteiger partial charge in [0, 0.05) is 18.4 Å². The molecule has 0 aliphatic heterocycles. The van der Waals surface area contributed by atoms with E-state index in [1.54, 1.807) is 0 Å². The fraction of sp³-hybridized carbons (Fsp3) is 0.562. The molecule has 0 saturated heterocycles. The molecule has 0 radical (unpaired) electrons. The van der Waals surface area contributed by atoms with Crippen molar-refractivity contribution < 1.29 is 5.11 Å². The summed E-state index contributed by atoms with van der Waals surface area (Å²) in [6.45, 7) is 9.36. The van der Waals surface area contributed by atoms with Gasteiger partial charge in [-0.05, 0) is 24.8 Å². The molecule has 2 rings (SSSR count). The van der Waals surface area contributed by atoms with E-state index in [0.717, 1.165) is 17.8 Å². The normalized spacial score (nSPS) is 15.1. The first kappa shape index (κ1) is 14.1. The quantitative estimate of drug-likeness (QED) is 0.896. The molecule has 0 spiro atoms. The second-order valence-electron chi connectivity index (χ2n) is 5.65. The Kier molecular flexibility index (Phi) is 4.25. The predicted molar refractivity (Wildman–Crippen MR) is 79.1 cm³/mol.